The minimum atomic E-state index is 0.568. The summed E-state index contributed by atoms with van der Waals surface area (Å²) in [6.07, 6.45) is 11.7. The number of aromatic nitrogens is 1. The third kappa shape index (κ3) is 5.41. The van der Waals surface area contributed by atoms with Crippen molar-refractivity contribution >= 4 is 11.8 Å². The summed E-state index contributed by atoms with van der Waals surface area (Å²) in [5, 5.41) is 7.23. The predicted molar refractivity (Wildman–Crippen MR) is 120 cm³/mol. The van der Waals surface area contributed by atoms with Gasteiger partial charge in [-0.15, -0.1) is 0 Å². The van der Waals surface area contributed by atoms with Gasteiger partial charge in [-0.2, -0.15) is 0 Å². The zero-order chi connectivity index (χ0) is 20.1. The second-order valence-corrected chi connectivity index (χ2v) is 9.20. The molecule has 160 valence electrons. The van der Waals surface area contributed by atoms with E-state index >= 15 is 0 Å². The molecular weight excluding hydrogens is 360 g/mol. The Labute approximate surface area is 176 Å². The molecule has 29 heavy (non-hydrogen) atoms. The quantitative estimate of drug-likeness (QED) is 0.603. The van der Waals surface area contributed by atoms with E-state index in [4.69, 9.17) is 0 Å². The zero-order valence-electron chi connectivity index (χ0n) is 18.2. The minimum absolute atomic E-state index is 0.568. The Bertz CT molecular complexity index is 682. The van der Waals surface area contributed by atoms with E-state index in [1.807, 2.05) is 13.2 Å². The Balaban J connectivity index is 1.28. The van der Waals surface area contributed by atoms with Gasteiger partial charge in [-0.05, 0) is 55.8 Å². The van der Waals surface area contributed by atoms with Crippen LogP contribution in [0.15, 0.2) is 23.3 Å². The van der Waals surface area contributed by atoms with Gasteiger partial charge in [-0.1, -0.05) is 25.7 Å². The number of likely N-dealkylation sites (N-methyl/N-ethyl adjacent to an activating group) is 1. The van der Waals surface area contributed by atoms with Crippen LogP contribution in [0.4, 0.5) is 5.82 Å². The first-order chi connectivity index (χ1) is 14.2. The van der Waals surface area contributed by atoms with Gasteiger partial charge in [0.15, 0.2) is 5.96 Å². The lowest BCUT2D eigenvalue weighted by molar-refractivity contribution is 0.150. The summed E-state index contributed by atoms with van der Waals surface area (Å²) in [6, 6.07) is 4.89. The van der Waals surface area contributed by atoms with Gasteiger partial charge in [0, 0.05) is 52.0 Å². The van der Waals surface area contributed by atoms with Crippen molar-refractivity contribution in [2.75, 3.05) is 45.2 Å². The molecule has 3 atom stereocenters. The van der Waals surface area contributed by atoms with Gasteiger partial charge >= 0.3 is 0 Å². The van der Waals surface area contributed by atoms with Crippen molar-refractivity contribution in [3.8, 4) is 0 Å². The van der Waals surface area contributed by atoms with Crippen molar-refractivity contribution < 1.29 is 0 Å². The summed E-state index contributed by atoms with van der Waals surface area (Å²) in [5.74, 6) is 3.94. The van der Waals surface area contributed by atoms with Crippen molar-refractivity contribution in [2.45, 2.75) is 57.5 Å². The van der Waals surface area contributed by atoms with E-state index in [-0.39, 0.29) is 0 Å². The topological polar surface area (TPSA) is 55.8 Å². The number of rotatable bonds is 4. The number of piperazine rings is 1. The molecule has 0 spiro atoms. The third-order valence-electron chi connectivity index (χ3n) is 7.20. The van der Waals surface area contributed by atoms with Crippen molar-refractivity contribution in [2.24, 2.45) is 16.8 Å². The van der Waals surface area contributed by atoms with E-state index in [0.717, 1.165) is 56.3 Å². The molecule has 2 saturated carbocycles. The summed E-state index contributed by atoms with van der Waals surface area (Å²) >= 11 is 0. The fourth-order valence-electron chi connectivity index (χ4n) is 5.36. The third-order valence-corrected chi connectivity index (χ3v) is 7.20. The minimum Gasteiger partial charge on any atom is -0.354 e. The number of anilines is 1. The Morgan fingerprint density at radius 1 is 1.10 bits per heavy atom. The largest absolute Gasteiger partial charge is 0.354 e. The highest BCUT2D eigenvalue weighted by atomic mass is 15.3. The molecule has 6 heteroatoms. The van der Waals surface area contributed by atoms with E-state index in [1.54, 1.807) is 0 Å². The maximum absolute atomic E-state index is 4.60. The molecule has 2 heterocycles. The molecule has 6 nitrogen and oxygen atoms in total. The van der Waals surface area contributed by atoms with E-state index in [0.29, 0.717) is 6.04 Å². The van der Waals surface area contributed by atoms with E-state index in [2.05, 4.69) is 49.6 Å². The fraction of sp³-hybridized carbons (Fsp3) is 0.739. The molecular formula is C23H38N6. The predicted octanol–water partition coefficient (Wildman–Crippen LogP) is 2.86. The Morgan fingerprint density at radius 3 is 2.69 bits per heavy atom. The average molecular weight is 399 g/mol. The van der Waals surface area contributed by atoms with Crippen LogP contribution in [0.5, 0.6) is 0 Å². The van der Waals surface area contributed by atoms with Gasteiger partial charge < -0.3 is 20.4 Å². The van der Waals surface area contributed by atoms with Gasteiger partial charge in [0.25, 0.3) is 0 Å². The van der Waals surface area contributed by atoms with E-state index < -0.39 is 0 Å². The molecule has 3 fully saturated rings. The molecule has 3 unspecified atom stereocenters. The van der Waals surface area contributed by atoms with Crippen molar-refractivity contribution in [1.82, 2.24) is 20.5 Å². The first-order valence-electron chi connectivity index (χ1n) is 11.6. The molecule has 1 saturated heterocycles. The lowest BCUT2D eigenvalue weighted by Crippen LogP contribution is -2.46. The van der Waals surface area contributed by atoms with Gasteiger partial charge in [0.05, 0.1) is 0 Å². The molecule has 1 aromatic rings. The van der Waals surface area contributed by atoms with Gasteiger partial charge in [0.1, 0.15) is 5.82 Å². The number of hydrogen-bond acceptors (Lipinski definition) is 4. The standard InChI is InChI=1S/C23H38N6/c1-24-23(27-21-8-7-19-5-3-4-6-20(19)16-21)26-17-18-9-10-25-22(15-18)29-13-11-28(2)12-14-29/h9-10,15,19-21H,3-8,11-14,16-17H2,1-2H3,(H2,24,26,27). The number of fused-ring (bicyclic) bond motifs is 1. The van der Waals surface area contributed by atoms with Crippen LogP contribution in [0.3, 0.4) is 0 Å². The molecule has 4 rings (SSSR count). The summed E-state index contributed by atoms with van der Waals surface area (Å²) in [6.45, 7) is 5.08. The number of aliphatic imine (C=N–C) groups is 1. The molecule has 3 aliphatic rings. The highest BCUT2D eigenvalue weighted by molar-refractivity contribution is 5.80. The average Bonchev–Trinajstić information content (AvgIpc) is 2.77. The first kappa shape index (κ1) is 20.5. The molecule has 0 aromatic carbocycles. The number of nitrogens with zero attached hydrogens (tertiary/aromatic N) is 4. The summed E-state index contributed by atoms with van der Waals surface area (Å²) in [7, 11) is 4.06. The van der Waals surface area contributed by atoms with Crippen LogP contribution in [0.25, 0.3) is 0 Å². The van der Waals surface area contributed by atoms with Crippen LogP contribution >= 0.6 is 0 Å². The lowest BCUT2D eigenvalue weighted by Gasteiger charge is -2.39. The first-order valence-corrected chi connectivity index (χ1v) is 11.6. The molecule has 0 radical (unpaired) electrons. The summed E-state index contributed by atoms with van der Waals surface area (Å²) < 4.78 is 0. The maximum atomic E-state index is 4.60. The Morgan fingerprint density at radius 2 is 1.90 bits per heavy atom. The smallest absolute Gasteiger partial charge is 0.191 e. The van der Waals surface area contributed by atoms with E-state index in [9.17, 15) is 0 Å². The van der Waals surface area contributed by atoms with Gasteiger partial charge in [0.2, 0.25) is 0 Å². The van der Waals surface area contributed by atoms with Crippen LogP contribution in [0, 0.1) is 11.8 Å². The van der Waals surface area contributed by atoms with Crippen LogP contribution in [0.1, 0.15) is 50.5 Å². The zero-order valence-corrected chi connectivity index (χ0v) is 18.2. The number of pyridine rings is 1. The monoisotopic (exact) mass is 398 g/mol. The molecule has 0 amide bonds. The molecule has 2 aliphatic carbocycles. The highest BCUT2D eigenvalue weighted by Crippen LogP contribution is 2.40. The maximum Gasteiger partial charge on any atom is 0.191 e. The van der Waals surface area contributed by atoms with Crippen molar-refractivity contribution in [1.29, 1.82) is 0 Å². The van der Waals surface area contributed by atoms with E-state index in [1.165, 1.54) is 50.5 Å². The highest BCUT2D eigenvalue weighted by Gasteiger charge is 2.32. The fourth-order valence-corrected chi connectivity index (χ4v) is 5.36. The summed E-state index contributed by atoms with van der Waals surface area (Å²) in [5.41, 5.74) is 1.26. The molecule has 2 N–H and O–H groups in total. The number of guanidine groups is 1. The lowest BCUT2D eigenvalue weighted by atomic mass is 9.69. The second-order valence-electron chi connectivity index (χ2n) is 9.20. The summed E-state index contributed by atoms with van der Waals surface area (Å²) in [4.78, 5) is 13.8. The van der Waals surface area contributed by atoms with Gasteiger partial charge in [-0.25, -0.2) is 4.98 Å². The van der Waals surface area contributed by atoms with Crippen LogP contribution in [-0.4, -0.2) is 62.2 Å². The van der Waals surface area contributed by atoms with Crippen LogP contribution < -0.4 is 15.5 Å². The SMILES string of the molecule is CN=C(NCc1ccnc(N2CCN(C)CC2)c1)NC1CCC2CCCCC2C1. The normalized spacial score (nSPS) is 28.7. The molecule has 1 aromatic heterocycles. The Hall–Kier alpha value is -1.82. The number of hydrogen-bond donors (Lipinski definition) is 2. The molecule has 1 aliphatic heterocycles. The Kier molecular flexibility index (Phi) is 6.90. The van der Waals surface area contributed by atoms with Crippen molar-refractivity contribution in [3.05, 3.63) is 23.9 Å². The van der Waals surface area contributed by atoms with Crippen molar-refractivity contribution in [3.63, 3.8) is 0 Å². The number of nitrogens with one attached hydrogen (secondary N) is 2. The van der Waals surface area contributed by atoms with Crippen LogP contribution in [-0.2, 0) is 6.54 Å². The van der Waals surface area contributed by atoms with Gasteiger partial charge in [-0.3, -0.25) is 4.99 Å². The van der Waals surface area contributed by atoms with Crippen LogP contribution in [0.2, 0.25) is 0 Å². The molecule has 0 bridgehead atoms. The second kappa shape index (κ2) is 9.79.